The van der Waals surface area contributed by atoms with Crippen LogP contribution in [0.25, 0.3) is 10.9 Å². The first-order chi connectivity index (χ1) is 16.9. The number of hydrogen-bond acceptors (Lipinski definition) is 4. The van der Waals surface area contributed by atoms with Crippen molar-refractivity contribution in [3.05, 3.63) is 52.2 Å². The van der Waals surface area contributed by atoms with Crippen molar-refractivity contribution < 1.29 is 9.22 Å². The maximum absolute atomic E-state index is 13.9. The first kappa shape index (κ1) is 27.1. The van der Waals surface area contributed by atoms with Crippen LogP contribution in [0.5, 0.6) is 0 Å². The highest BCUT2D eigenvalue weighted by Gasteiger charge is 2.37. The molecule has 6 nitrogen and oxygen atoms in total. The molecule has 9 heteroatoms. The van der Waals surface area contributed by atoms with Gasteiger partial charge in [0.1, 0.15) is 22.2 Å². The van der Waals surface area contributed by atoms with Gasteiger partial charge in [0, 0.05) is 30.4 Å². The molecular formula is C27H36Cl2N4O2Si. The summed E-state index contributed by atoms with van der Waals surface area (Å²) in [5, 5.41) is 1.30. The standard InChI is InChI=1S/C27H36Cl2N4O2Si/c1-7-11-32-12-10-19-15-20(16-21(23(19)32)18-8-9-18)33(13-14-35-36(5,6)27(2,3)4)26(34)22-24(28)30-17-31-25(22)29/h10,12,15-18H,7-9,11,13-14H2,1-6H3. The van der Waals surface area contributed by atoms with Gasteiger partial charge in [-0.2, -0.15) is 0 Å². The number of hydrogen-bond donors (Lipinski definition) is 0. The van der Waals surface area contributed by atoms with E-state index in [-0.39, 0.29) is 26.8 Å². The fraction of sp³-hybridized carbons (Fsp3) is 0.519. The third-order valence-corrected chi connectivity index (χ3v) is 12.6. The molecule has 1 fully saturated rings. The first-order valence-electron chi connectivity index (χ1n) is 12.7. The van der Waals surface area contributed by atoms with Crippen LogP contribution in [0.1, 0.15) is 68.8 Å². The Hall–Kier alpha value is -1.93. The number of aromatic nitrogens is 3. The van der Waals surface area contributed by atoms with E-state index in [0.717, 1.165) is 24.0 Å². The summed E-state index contributed by atoms with van der Waals surface area (Å²) in [5.41, 5.74) is 3.50. The van der Waals surface area contributed by atoms with E-state index in [9.17, 15) is 4.79 Å². The number of halogens is 2. The normalized spacial score (nSPS) is 14.4. The number of aryl methyl sites for hydroxylation is 1. The van der Waals surface area contributed by atoms with Gasteiger partial charge in [-0.15, -0.1) is 0 Å². The summed E-state index contributed by atoms with van der Waals surface area (Å²) in [6.45, 7) is 15.0. The lowest BCUT2D eigenvalue weighted by Crippen LogP contribution is -2.43. The largest absolute Gasteiger partial charge is 0.415 e. The van der Waals surface area contributed by atoms with Crippen molar-refractivity contribution in [1.29, 1.82) is 0 Å². The first-order valence-corrected chi connectivity index (χ1v) is 16.4. The quantitative estimate of drug-likeness (QED) is 0.204. The van der Waals surface area contributed by atoms with Gasteiger partial charge in [0.15, 0.2) is 8.32 Å². The minimum atomic E-state index is -2.00. The minimum Gasteiger partial charge on any atom is -0.415 e. The lowest BCUT2D eigenvalue weighted by atomic mass is 10.0. The predicted octanol–water partition coefficient (Wildman–Crippen LogP) is 7.69. The summed E-state index contributed by atoms with van der Waals surface area (Å²) >= 11 is 12.7. The van der Waals surface area contributed by atoms with Gasteiger partial charge in [-0.3, -0.25) is 4.79 Å². The average molecular weight is 548 g/mol. The van der Waals surface area contributed by atoms with Crippen LogP contribution in [0.4, 0.5) is 5.69 Å². The van der Waals surface area contributed by atoms with E-state index in [1.165, 1.54) is 30.2 Å². The van der Waals surface area contributed by atoms with Crippen LogP contribution < -0.4 is 4.90 Å². The molecule has 0 saturated heterocycles. The highest BCUT2D eigenvalue weighted by molar-refractivity contribution is 6.74. The lowest BCUT2D eigenvalue weighted by Gasteiger charge is -2.37. The molecule has 0 radical (unpaired) electrons. The van der Waals surface area contributed by atoms with Gasteiger partial charge in [-0.25, -0.2) is 9.97 Å². The molecule has 1 aliphatic carbocycles. The monoisotopic (exact) mass is 546 g/mol. The topological polar surface area (TPSA) is 60.2 Å². The van der Waals surface area contributed by atoms with Gasteiger partial charge < -0.3 is 13.9 Å². The summed E-state index contributed by atoms with van der Waals surface area (Å²) in [6, 6.07) is 6.39. The molecule has 1 amide bonds. The predicted molar refractivity (Wildman–Crippen MR) is 151 cm³/mol. The molecule has 36 heavy (non-hydrogen) atoms. The highest BCUT2D eigenvalue weighted by Crippen LogP contribution is 2.45. The van der Waals surface area contributed by atoms with Crippen molar-refractivity contribution >= 4 is 54.0 Å². The fourth-order valence-corrected chi connectivity index (χ4v) is 5.78. The molecule has 4 rings (SSSR count). The second-order valence-corrected chi connectivity index (χ2v) is 16.7. The smallest absolute Gasteiger partial charge is 0.264 e. The highest BCUT2D eigenvalue weighted by atomic mass is 35.5. The molecular weight excluding hydrogens is 511 g/mol. The van der Waals surface area contributed by atoms with Crippen molar-refractivity contribution in [2.45, 2.75) is 77.6 Å². The summed E-state index contributed by atoms with van der Waals surface area (Å²) < 4.78 is 8.78. The molecule has 0 N–H and O–H groups in total. The van der Waals surface area contributed by atoms with Crippen molar-refractivity contribution in [2.75, 3.05) is 18.1 Å². The van der Waals surface area contributed by atoms with Crippen LogP contribution in [0.3, 0.4) is 0 Å². The van der Waals surface area contributed by atoms with Crippen LogP contribution >= 0.6 is 23.2 Å². The Kier molecular flexibility index (Phi) is 7.86. The Morgan fingerprint density at radius 1 is 1.19 bits per heavy atom. The third kappa shape index (κ3) is 5.49. The molecule has 0 atom stereocenters. The number of nitrogens with zero attached hydrogens (tertiary/aromatic N) is 4. The Morgan fingerprint density at radius 2 is 1.86 bits per heavy atom. The molecule has 3 aromatic rings. The van der Waals surface area contributed by atoms with Crippen molar-refractivity contribution in [3.8, 4) is 0 Å². The van der Waals surface area contributed by atoms with Crippen molar-refractivity contribution in [3.63, 3.8) is 0 Å². The van der Waals surface area contributed by atoms with Crippen LogP contribution in [0.15, 0.2) is 30.7 Å². The van der Waals surface area contributed by atoms with Crippen molar-refractivity contribution in [2.24, 2.45) is 0 Å². The molecule has 0 aliphatic heterocycles. The van der Waals surface area contributed by atoms with Crippen LogP contribution in [0.2, 0.25) is 28.4 Å². The molecule has 0 spiro atoms. The van der Waals surface area contributed by atoms with E-state index in [1.807, 2.05) is 0 Å². The van der Waals surface area contributed by atoms with E-state index in [0.29, 0.717) is 19.1 Å². The van der Waals surface area contributed by atoms with Gasteiger partial charge in [-0.05, 0) is 67.1 Å². The summed E-state index contributed by atoms with van der Waals surface area (Å²) in [5.74, 6) is 0.198. The maximum Gasteiger partial charge on any atom is 0.264 e. The number of carbonyl (C=O) groups excluding carboxylic acids is 1. The average Bonchev–Trinajstić information content (AvgIpc) is 3.56. The zero-order valence-electron chi connectivity index (χ0n) is 22.1. The number of rotatable bonds is 9. The van der Waals surface area contributed by atoms with Crippen LogP contribution in [-0.4, -0.2) is 41.9 Å². The maximum atomic E-state index is 13.9. The SMILES string of the molecule is CCCn1ccc2cc(N(CCO[Si](C)(C)C(C)(C)C)C(=O)c3c(Cl)ncnc3Cl)cc(C3CC3)c21. The van der Waals surface area contributed by atoms with Crippen LogP contribution in [0, 0.1) is 0 Å². The summed E-state index contributed by atoms with van der Waals surface area (Å²) in [6.07, 6.45) is 6.82. The summed E-state index contributed by atoms with van der Waals surface area (Å²) in [4.78, 5) is 23.7. The number of fused-ring (bicyclic) bond motifs is 1. The molecule has 2 aromatic heterocycles. The Bertz CT molecular complexity index is 1240. The zero-order valence-corrected chi connectivity index (χ0v) is 24.6. The molecule has 0 bridgehead atoms. The van der Waals surface area contributed by atoms with E-state index in [1.54, 1.807) is 4.90 Å². The molecule has 194 valence electrons. The molecule has 1 aliphatic rings. The second-order valence-electron chi connectivity index (χ2n) is 11.2. The number of carbonyl (C=O) groups is 1. The van der Waals surface area contributed by atoms with E-state index in [2.05, 4.69) is 79.7 Å². The van der Waals surface area contributed by atoms with Gasteiger partial charge in [0.2, 0.25) is 0 Å². The summed E-state index contributed by atoms with van der Waals surface area (Å²) in [7, 11) is -2.00. The molecule has 1 saturated carbocycles. The second kappa shape index (κ2) is 10.4. The van der Waals surface area contributed by atoms with E-state index in [4.69, 9.17) is 27.6 Å². The Morgan fingerprint density at radius 3 is 2.44 bits per heavy atom. The van der Waals surface area contributed by atoms with Gasteiger partial charge in [0.25, 0.3) is 5.91 Å². The molecule has 0 unspecified atom stereocenters. The molecule has 2 heterocycles. The number of anilines is 1. The van der Waals surface area contributed by atoms with Crippen molar-refractivity contribution in [1.82, 2.24) is 14.5 Å². The van der Waals surface area contributed by atoms with Crippen LogP contribution in [-0.2, 0) is 11.0 Å². The molecule has 1 aromatic carbocycles. The Labute approximate surface area is 225 Å². The number of amides is 1. The van der Waals surface area contributed by atoms with Gasteiger partial charge >= 0.3 is 0 Å². The number of benzene rings is 1. The van der Waals surface area contributed by atoms with E-state index >= 15 is 0 Å². The van der Waals surface area contributed by atoms with E-state index < -0.39 is 8.32 Å². The van der Waals surface area contributed by atoms with Gasteiger partial charge in [0.05, 0.1) is 12.1 Å². The van der Waals surface area contributed by atoms with Gasteiger partial charge in [-0.1, -0.05) is 50.9 Å². The zero-order chi connectivity index (χ0) is 26.3. The minimum absolute atomic E-state index is 0.0490. The third-order valence-electron chi connectivity index (χ3n) is 7.47. The fourth-order valence-electron chi connectivity index (χ4n) is 4.27. The Balaban J connectivity index is 1.76. The lowest BCUT2D eigenvalue weighted by molar-refractivity contribution is 0.0981.